The van der Waals surface area contributed by atoms with E-state index in [1.54, 1.807) is 0 Å². The van der Waals surface area contributed by atoms with Crippen LogP contribution in [-0.4, -0.2) is 36.1 Å². The largest absolute Gasteiger partial charge is 0.459 e. The highest BCUT2D eigenvalue weighted by Crippen LogP contribution is 2.26. The summed E-state index contributed by atoms with van der Waals surface area (Å²) in [7, 11) is 0. The first kappa shape index (κ1) is 16.5. The molecule has 2 N–H and O–H groups in total. The van der Waals surface area contributed by atoms with Crippen molar-refractivity contribution in [2.45, 2.75) is 57.2 Å². The van der Waals surface area contributed by atoms with E-state index in [9.17, 15) is 4.79 Å². The highest BCUT2D eigenvalue weighted by molar-refractivity contribution is 5.78. The number of benzene rings is 1. The highest BCUT2D eigenvalue weighted by atomic mass is 16.3. The molecule has 0 spiro atoms. The van der Waals surface area contributed by atoms with Crippen molar-refractivity contribution in [1.82, 2.24) is 15.5 Å². The summed E-state index contributed by atoms with van der Waals surface area (Å²) in [5, 5.41) is 7.10. The van der Waals surface area contributed by atoms with Crippen LogP contribution >= 0.6 is 0 Å². The molecule has 0 unspecified atom stereocenters. The van der Waals surface area contributed by atoms with Crippen molar-refractivity contribution >= 4 is 17.0 Å². The minimum Gasteiger partial charge on any atom is -0.459 e. The third kappa shape index (κ3) is 3.98. The first-order valence-corrected chi connectivity index (χ1v) is 9.54. The van der Waals surface area contributed by atoms with Gasteiger partial charge in [0, 0.05) is 30.6 Å². The molecule has 25 heavy (non-hydrogen) atoms. The molecular formula is C20H27N3O2. The van der Waals surface area contributed by atoms with Gasteiger partial charge in [0.15, 0.2) is 0 Å². The number of hydrogen-bond acceptors (Lipinski definition) is 3. The molecule has 2 heterocycles. The summed E-state index contributed by atoms with van der Waals surface area (Å²) in [5.74, 6) is 0.785. The van der Waals surface area contributed by atoms with Gasteiger partial charge >= 0.3 is 6.03 Å². The summed E-state index contributed by atoms with van der Waals surface area (Å²) in [6.07, 6.45) is 7.58. The Morgan fingerprint density at radius 2 is 1.88 bits per heavy atom. The summed E-state index contributed by atoms with van der Waals surface area (Å²) in [6.45, 7) is 2.64. The van der Waals surface area contributed by atoms with Gasteiger partial charge in [0.2, 0.25) is 0 Å². The van der Waals surface area contributed by atoms with E-state index in [1.165, 1.54) is 25.7 Å². The number of carbonyl (C=O) groups excluding carboxylic acids is 1. The normalized spacial score (nSPS) is 20.2. The van der Waals surface area contributed by atoms with Gasteiger partial charge in [-0.3, -0.25) is 0 Å². The number of rotatable bonds is 4. The van der Waals surface area contributed by atoms with Crippen LogP contribution in [0.2, 0.25) is 0 Å². The summed E-state index contributed by atoms with van der Waals surface area (Å²) in [4.78, 5) is 14.8. The van der Waals surface area contributed by atoms with Crippen molar-refractivity contribution in [2.24, 2.45) is 0 Å². The van der Waals surface area contributed by atoms with Crippen LogP contribution in [0.15, 0.2) is 34.7 Å². The lowest BCUT2D eigenvalue weighted by molar-refractivity contribution is 0.145. The lowest BCUT2D eigenvalue weighted by Gasteiger charge is -2.36. The predicted octanol–water partition coefficient (Wildman–Crippen LogP) is 3.64. The van der Waals surface area contributed by atoms with Crippen molar-refractivity contribution in [3.8, 4) is 0 Å². The van der Waals surface area contributed by atoms with Crippen LogP contribution in [-0.2, 0) is 6.54 Å². The third-order valence-corrected chi connectivity index (χ3v) is 5.61. The molecule has 1 saturated heterocycles. The Bertz CT molecular complexity index is 680. The fourth-order valence-electron chi connectivity index (χ4n) is 4.21. The van der Waals surface area contributed by atoms with Crippen molar-refractivity contribution in [2.75, 3.05) is 13.1 Å². The van der Waals surface area contributed by atoms with Crippen LogP contribution in [0, 0.1) is 0 Å². The molecule has 1 aromatic heterocycles. The molecule has 134 valence electrons. The molecule has 2 amide bonds. The number of carbonyl (C=O) groups is 1. The molecule has 0 atom stereocenters. The average molecular weight is 341 g/mol. The maximum Gasteiger partial charge on any atom is 0.315 e. The van der Waals surface area contributed by atoms with Gasteiger partial charge in [-0.15, -0.1) is 0 Å². The van der Waals surface area contributed by atoms with Crippen LogP contribution in [0.5, 0.6) is 0 Å². The highest BCUT2D eigenvalue weighted by Gasteiger charge is 2.27. The van der Waals surface area contributed by atoms with Gasteiger partial charge in [-0.05, 0) is 37.8 Å². The molecule has 2 fully saturated rings. The number of hydrogen-bond donors (Lipinski definition) is 2. The number of nitrogens with zero attached hydrogens (tertiary/aromatic N) is 1. The van der Waals surface area contributed by atoms with Crippen molar-refractivity contribution < 1.29 is 9.21 Å². The van der Waals surface area contributed by atoms with Crippen molar-refractivity contribution in [3.63, 3.8) is 0 Å². The second-order valence-electron chi connectivity index (χ2n) is 7.33. The lowest BCUT2D eigenvalue weighted by Crippen LogP contribution is -2.49. The van der Waals surface area contributed by atoms with E-state index in [0.717, 1.165) is 48.7 Å². The predicted molar refractivity (Wildman–Crippen MR) is 98.4 cm³/mol. The summed E-state index contributed by atoms with van der Waals surface area (Å²) >= 11 is 0. The molecule has 5 nitrogen and oxygen atoms in total. The van der Waals surface area contributed by atoms with Crippen LogP contribution < -0.4 is 10.6 Å². The third-order valence-electron chi connectivity index (χ3n) is 5.61. The molecule has 2 aromatic rings. The Kier molecular flexibility index (Phi) is 4.92. The fourth-order valence-corrected chi connectivity index (χ4v) is 4.21. The Balaban J connectivity index is 1.21. The molecule has 2 aliphatic rings. The van der Waals surface area contributed by atoms with Gasteiger partial charge in [0.25, 0.3) is 0 Å². The van der Waals surface area contributed by atoms with Crippen molar-refractivity contribution in [3.05, 3.63) is 36.1 Å². The number of likely N-dealkylation sites (tertiary alicyclic amines) is 1. The number of urea groups is 1. The number of amides is 2. The zero-order chi connectivity index (χ0) is 17.1. The van der Waals surface area contributed by atoms with Crippen LogP contribution in [0.3, 0.4) is 0 Å². The van der Waals surface area contributed by atoms with Gasteiger partial charge < -0.3 is 20.0 Å². The average Bonchev–Trinajstić information content (AvgIpc) is 3.30. The molecule has 1 aromatic carbocycles. The first-order valence-electron chi connectivity index (χ1n) is 9.54. The molecular weight excluding hydrogens is 314 g/mol. The Morgan fingerprint density at radius 3 is 2.64 bits per heavy atom. The van der Waals surface area contributed by atoms with Crippen molar-refractivity contribution in [1.29, 1.82) is 0 Å². The van der Waals surface area contributed by atoms with E-state index in [2.05, 4.69) is 15.5 Å². The van der Waals surface area contributed by atoms with Gasteiger partial charge in [-0.1, -0.05) is 31.0 Å². The minimum absolute atomic E-state index is 0.0974. The molecule has 4 rings (SSSR count). The van der Waals surface area contributed by atoms with E-state index >= 15 is 0 Å². The molecule has 1 saturated carbocycles. The van der Waals surface area contributed by atoms with Crippen LogP contribution in [0.1, 0.15) is 44.3 Å². The summed E-state index contributed by atoms with van der Waals surface area (Å²) in [5.41, 5.74) is 0.860. The second kappa shape index (κ2) is 7.48. The maximum atomic E-state index is 12.2. The fraction of sp³-hybridized carbons (Fsp3) is 0.550. The Hall–Kier alpha value is -2.01. The van der Waals surface area contributed by atoms with E-state index in [1.807, 2.05) is 30.3 Å². The molecule has 1 aliphatic heterocycles. The number of fused-ring (bicyclic) bond motifs is 1. The van der Waals surface area contributed by atoms with E-state index in [0.29, 0.717) is 6.54 Å². The van der Waals surface area contributed by atoms with Gasteiger partial charge in [-0.25, -0.2) is 4.79 Å². The zero-order valence-corrected chi connectivity index (χ0v) is 14.7. The molecule has 1 aliphatic carbocycles. The number of furan rings is 1. The van der Waals surface area contributed by atoms with Gasteiger partial charge in [0.05, 0.1) is 6.54 Å². The first-order chi connectivity index (χ1) is 12.3. The molecule has 0 bridgehead atoms. The smallest absolute Gasteiger partial charge is 0.315 e. The SMILES string of the molecule is O=C(NCc1cc2ccccc2o1)NC1CCN(C2CCCC2)CC1. The quantitative estimate of drug-likeness (QED) is 0.893. The zero-order valence-electron chi connectivity index (χ0n) is 14.7. The number of para-hydroxylation sites is 1. The molecule has 0 radical (unpaired) electrons. The van der Waals surface area contributed by atoms with E-state index < -0.39 is 0 Å². The second-order valence-corrected chi connectivity index (χ2v) is 7.33. The van der Waals surface area contributed by atoms with Gasteiger partial charge in [0.1, 0.15) is 11.3 Å². The van der Waals surface area contributed by atoms with E-state index in [4.69, 9.17) is 4.42 Å². The topological polar surface area (TPSA) is 57.5 Å². The monoisotopic (exact) mass is 341 g/mol. The number of piperidine rings is 1. The van der Waals surface area contributed by atoms with Crippen LogP contribution in [0.25, 0.3) is 11.0 Å². The maximum absolute atomic E-state index is 12.2. The Labute approximate surface area is 148 Å². The summed E-state index contributed by atoms with van der Waals surface area (Å²) < 4.78 is 5.73. The van der Waals surface area contributed by atoms with E-state index in [-0.39, 0.29) is 12.1 Å². The number of nitrogens with one attached hydrogen (secondary N) is 2. The Morgan fingerprint density at radius 1 is 1.12 bits per heavy atom. The van der Waals surface area contributed by atoms with Gasteiger partial charge in [-0.2, -0.15) is 0 Å². The summed E-state index contributed by atoms with van der Waals surface area (Å²) in [6, 6.07) is 10.9. The molecule has 5 heteroatoms. The minimum atomic E-state index is -0.0974. The van der Waals surface area contributed by atoms with Crippen LogP contribution in [0.4, 0.5) is 4.79 Å². The lowest BCUT2D eigenvalue weighted by atomic mass is 10.0. The standard InChI is InChI=1S/C20H27N3O2/c24-20(21-14-18-13-15-5-1-4-8-19(15)25-18)22-16-9-11-23(12-10-16)17-6-2-3-7-17/h1,4-5,8,13,16-17H,2-3,6-7,9-12,14H2,(H2,21,22,24).